The zero-order valence-electron chi connectivity index (χ0n) is 18.7. The van der Waals surface area contributed by atoms with Gasteiger partial charge < -0.3 is 10.4 Å². The number of aromatic nitrogens is 2. The fraction of sp³-hybridized carbons (Fsp3) is 0.520. The second-order valence-corrected chi connectivity index (χ2v) is 8.84. The summed E-state index contributed by atoms with van der Waals surface area (Å²) in [6, 6.07) is 11.5. The topological polar surface area (TPSA) is 79.1 Å². The number of rotatable bonds is 3. The summed E-state index contributed by atoms with van der Waals surface area (Å²) >= 11 is 0. The van der Waals surface area contributed by atoms with Crippen LogP contribution in [-0.2, 0) is 6.42 Å². The van der Waals surface area contributed by atoms with E-state index in [0.717, 1.165) is 60.9 Å². The van der Waals surface area contributed by atoms with Gasteiger partial charge in [0.2, 0.25) is 0 Å². The van der Waals surface area contributed by atoms with Crippen LogP contribution in [0.1, 0.15) is 55.7 Å². The zero-order chi connectivity index (χ0) is 20.7. The molecule has 164 valence electrons. The molecule has 1 aliphatic carbocycles. The number of piperazine rings is 1. The molecule has 3 aromatic rings. The number of hydrogen-bond donors (Lipinski definition) is 0. The van der Waals surface area contributed by atoms with Gasteiger partial charge in [0.05, 0.1) is 16.6 Å². The van der Waals surface area contributed by atoms with Crippen molar-refractivity contribution in [3.63, 3.8) is 0 Å². The van der Waals surface area contributed by atoms with Gasteiger partial charge in [-0.15, -0.1) is 0 Å². The quantitative estimate of drug-likeness (QED) is 0.646. The Balaban J connectivity index is 0.00000231. The minimum atomic E-state index is 0. The lowest BCUT2D eigenvalue weighted by atomic mass is 9.93. The normalized spacial score (nSPS) is 18.3. The van der Waals surface area contributed by atoms with Crippen LogP contribution in [0.2, 0.25) is 0 Å². The molecule has 0 amide bonds. The molecular formula is C25H33N5O. The third-order valence-corrected chi connectivity index (χ3v) is 7.26. The molecular weight excluding hydrogens is 386 g/mol. The molecule has 1 saturated carbocycles. The monoisotopic (exact) mass is 419 g/mol. The highest BCUT2D eigenvalue weighted by Gasteiger charge is 2.29. The van der Waals surface area contributed by atoms with Gasteiger partial charge in [0.1, 0.15) is 11.9 Å². The molecule has 6 heteroatoms. The molecule has 1 saturated heterocycles. The smallest absolute Gasteiger partial charge is 0.157 e. The summed E-state index contributed by atoms with van der Waals surface area (Å²) in [5.74, 6) is 1.25. The molecule has 1 aromatic carbocycles. The molecule has 0 bridgehead atoms. The van der Waals surface area contributed by atoms with Crippen molar-refractivity contribution in [3.8, 4) is 6.07 Å². The number of para-hydroxylation sites is 2. The molecule has 0 unspecified atom stereocenters. The molecule has 2 fully saturated rings. The molecule has 0 atom stereocenters. The van der Waals surface area contributed by atoms with Crippen LogP contribution in [0.3, 0.4) is 0 Å². The van der Waals surface area contributed by atoms with Crippen molar-refractivity contribution in [2.75, 3.05) is 31.1 Å². The van der Waals surface area contributed by atoms with Gasteiger partial charge in [-0.3, -0.25) is 9.30 Å². The predicted molar refractivity (Wildman–Crippen MR) is 126 cm³/mol. The van der Waals surface area contributed by atoms with Gasteiger partial charge in [0, 0.05) is 32.2 Å². The third-order valence-electron chi connectivity index (χ3n) is 7.26. The summed E-state index contributed by atoms with van der Waals surface area (Å²) in [7, 11) is 0. The van der Waals surface area contributed by atoms with Crippen molar-refractivity contribution >= 4 is 22.5 Å². The Morgan fingerprint density at radius 2 is 1.77 bits per heavy atom. The molecule has 3 heterocycles. The van der Waals surface area contributed by atoms with E-state index >= 15 is 0 Å². The molecule has 0 radical (unpaired) electrons. The zero-order valence-corrected chi connectivity index (χ0v) is 18.7. The average Bonchev–Trinajstić information content (AvgIpc) is 3.18. The Hall–Kier alpha value is -2.62. The lowest BCUT2D eigenvalue weighted by molar-refractivity contribution is 0.147. The minimum absolute atomic E-state index is 0. The minimum Gasteiger partial charge on any atom is -0.412 e. The van der Waals surface area contributed by atoms with E-state index in [1.807, 2.05) is 6.07 Å². The van der Waals surface area contributed by atoms with Crippen LogP contribution in [0.15, 0.2) is 24.3 Å². The Labute approximate surface area is 184 Å². The van der Waals surface area contributed by atoms with Gasteiger partial charge >= 0.3 is 0 Å². The molecule has 6 nitrogen and oxygen atoms in total. The lowest BCUT2D eigenvalue weighted by Gasteiger charge is -2.42. The van der Waals surface area contributed by atoms with E-state index in [2.05, 4.69) is 52.3 Å². The van der Waals surface area contributed by atoms with E-state index in [-0.39, 0.29) is 5.48 Å². The van der Waals surface area contributed by atoms with E-state index in [9.17, 15) is 5.26 Å². The van der Waals surface area contributed by atoms with Gasteiger partial charge in [0.25, 0.3) is 0 Å². The summed E-state index contributed by atoms with van der Waals surface area (Å²) in [6.07, 6.45) is 7.84. The molecule has 2 aromatic heterocycles. The van der Waals surface area contributed by atoms with E-state index in [1.54, 1.807) is 0 Å². The maximum atomic E-state index is 9.92. The van der Waals surface area contributed by atoms with Crippen molar-refractivity contribution in [1.29, 1.82) is 5.26 Å². The predicted octanol–water partition coefficient (Wildman–Crippen LogP) is 3.86. The highest BCUT2D eigenvalue weighted by molar-refractivity contribution is 5.86. The van der Waals surface area contributed by atoms with E-state index < -0.39 is 0 Å². The number of nitrogens with zero attached hydrogens (tertiary/aromatic N) is 5. The number of pyridine rings is 1. The molecule has 5 rings (SSSR count). The van der Waals surface area contributed by atoms with Crippen LogP contribution in [-0.4, -0.2) is 52.0 Å². The van der Waals surface area contributed by atoms with Gasteiger partial charge in [-0.25, -0.2) is 4.98 Å². The summed E-state index contributed by atoms with van der Waals surface area (Å²) in [5.41, 5.74) is 5.96. The van der Waals surface area contributed by atoms with Crippen LogP contribution in [0, 0.1) is 18.3 Å². The number of imidazole rings is 1. The summed E-state index contributed by atoms with van der Waals surface area (Å²) < 4.78 is 2.26. The number of hydrogen-bond acceptors (Lipinski definition) is 4. The second kappa shape index (κ2) is 8.86. The van der Waals surface area contributed by atoms with Gasteiger partial charge in [-0.1, -0.05) is 38.3 Å². The van der Waals surface area contributed by atoms with Crippen molar-refractivity contribution < 1.29 is 5.48 Å². The van der Waals surface area contributed by atoms with Crippen molar-refractivity contribution in [3.05, 3.63) is 41.0 Å². The van der Waals surface area contributed by atoms with E-state index in [1.165, 1.54) is 43.5 Å². The third kappa shape index (κ3) is 3.56. The summed E-state index contributed by atoms with van der Waals surface area (Å²) in [6.45, 7) is 8.63. The Bertz CT molecular complexity index is 1110. The van der Waals surface area contributed by atoms with Crippen LogP contribution in [0.4, 0.5) is 5.82 Å². The first-order valence-corrected chi connectivity index (χ1v) is 11.5. The van der Waals surface area contributed by atoms with E-state index in [4.69, 9.17) is 4.98 Å². The fourth-order valence-corrected chi connectivity index (χ4v) is 5.66. The largest absolute Gasteiger partial charge is 0.412 e. The van der Waals surface area contributed by atoms with Gasteiger partial charge in [0.15, 0.2) is 5.65 Å². The Morgan fingerprint density at radius 1 is 1.06 bits per heavy atom. The Kier molecular flexibility index (Phi) is 6.17. The maximum Gasteiger partial charge on any atom is 0.157 e. The number of fused-ring (bicyclic) bond motifs is 3. The van der Waals surface area contributed by atoms with Gasteiger partial charge in [-0.05, 0) is 49.4 Å². The first-order chi connectivity index (χ1) is 14.7. The first-order valence-electron chi connectivity index (χ1n) is 11.5. The van der Waals surface area contributed by atoms with Crippen molar-refractivity contribution in [1.82, 2.24) is 14.3 Å². The molecule has 31 heavy (non-hydrogen) atoms. The Morgan fingerprint density at radius 3 is 2.45 bits per heavy atom. The average molecular weight is 420 g/mol. The highest BCUT2D eigenvalue weighted by atomic mass is 16.0. The fourth-order valence-electron chi connectivity index (χ4n) is 5.66. The number of anilines is 1. The lowest BCUT2D eigenvalue weighted by Crippen LogP contribution is -2.51. The van der Waals surface area contributed by atoms with Crippen LogP contribution >= 0.6 is 0 Å². The van der Waals surface area contributed by atoms with Crippen LogP contribution in [0.25, 0.3) is 16.7 Å². The summed E-state index contributed by atoms with van der Waals surface area (Å²) in [4.78, 5) is 10.1. The van der Waals surface area contributed by atoms with Crippen LogP contribution < -0.4 is 4.90 Å². The number of nitriles is 1. The molecule has 1 aliphatic heterocycles. The van der Waals surface area contributed by atoms with Crippen LogP contribution in [0.5, 0.6) is 0 Å². The molecule has 2 N–H and O–H groups in total. The van der Waals surface area contributed by atoms with Gasteiger partial charge in [-0.2, -0.15) is 5.26 Å². The first kappa shape index (κ1) is 21.6. The summed E-state index contributed by atoms with van der Waals surface area (Å²) in [5, 5.41) is 9.92. The van der Waals surface area contributed by atoms with E-state index in [0.29, 0.717) is 5.56 Å². The highest BCUT2D eigenvalue weighted by Crippen LogP contribution is 2.34. The molecule has 0 spiro atoms. The number of benzene rings is 1. The maximum absolute atomic E-state index is 9.92. The molecule has 2 aliphatic rings. The van der Waals surface area contributed by atoms with Crippen molar-refractivity contribution in [2.45, 2.75) is 58.4 Å². The second-order valence-electron chi connectivity index (χ2n) is 8.84. The standard InChI is InChI=1S/C25H31N5.H2O/c1-3-20-18(2)21(17-26)24-27-22-11-7-8-12-23(22)30(24)25(20)29-15-13-28(14-16-29)19-9-5-4-6-10-19;/h7-8,11-12,19H,3-6,9-10,13-16H2,1-2H3;1H2. The van der Waals surface area contributed by atoms with Crippen molar-refractivity contribution in [2.24, 2.45) is 0 Å². The SMILES string of the molecule is CCc1c(C)c(C#N)c2nc3ccccc3n2c1N1CCN(C2CCCCC2)CC1.O.